The van der Waals surface area contributed by atoms with E-state index in [1.807, 2.05) is 13.8 Å². The van der Waals surface area contributed by atoms with Gasteiger partial charge in [-0.25, -0.2) is 4.79 Å². The van der Waals surface area contributed by atoms with Crippen molar-refractivity contribution in [2.45, 2.75) is 70.6 Å². The highest BCUT2D eigenvalue weighted by molar-refractivity contribution is 7.80. The summed E-state index contributed by atoms with van der Waals surface area (Å²) in [6.07, 6.45) is 1.86. The molecule has 0 bridgehead atoms. The predicted octanol–water partition coefficient (Wildman–Crippen LogP) is -1.02. The van der Waals surface area contributed by atoms with Crippen molar-refractivity contribution in [3.05, 3.63) is 0 Å². The number of unbranched alkanes of at least 4 members (excludes halogenated alkanes) is 1. The van der Waals surface area contributed by atoms with Gasteiger partial charge >= 0.3 is 5.97 Å². The van der Waals surface area contributed by atoms with Crippen LogP contribution in [-0.4, -0.2) is 65.3 Å². The van der Waals surface area contributed by atoms with Crippen molar-refractivity contribution in [1.29, 1.82) is 0 Å². The number of nitrogens with one attached hydrogen (secondary N) is 3. The van der Waals surface area contributed by atoms with E-state index in [4.69, 9.17) is 11.5 Å². The van der Waals surface area contributed by atoms with Gasteiger partial charge in [-0.2, -0.15) is 12.6 Å². The van der Waals surface area contributed by atoms with Gasteiger partial charge in [0.1, 0.15) is 18.1 Å². The lowest BCUT2D eigenvalue weighted by Crippen LogP contribution is -2.56. The molecule has 10 nitrogen and oxygen atoms in total. The zero-order valence-corrected chi connectivity index (χ0v) is 18.2. The number of carboxylic acid groups (broad SMARTS) is 1. The van der Waals surface area contributed by atoms with Crippen molar-refractivity contribution >= 4 is 36.3 Å². The normalized spacial score (nSPS) is 15.1. The van der Waals surface area contributed by atoms with Gasteiger partial charge in [-0.15, -0.1) is 0 Å². The van der Waals surface area contributed by atoms with Gasteiger partial charge in [0.15, 0.2) is 0 Å². The molecule has 0 fully saturated rings. The fraction of sp³-hybridized carbons (Fsp3) is 0.778. The first-order valence-electron chi connectivity index (χ1n) is 9.73. The summed E-state index contributed by atoms with van der Waals surface area (Å²) in [6.45, 7) is 5.58. The molecule has 0 aliphatic carbocycles. The van der Waals surface area contributed by atoms with Crippen molar-refractivity contribution in [3.63, 3.8) is 0 Å². The van der Waals surface area contributed by atoms with Gasteiger partial charge in [-0.3, -0.25) is 14.4 Å². The highest BCUT2D eigenvalue weighted by Crippen LogP contribution is 2.06. The van der Waals surface area contributed by atoms with Gasteiger partial charge < -0.3 is 32.5 Å². The zero-order chi connectivity index (χ0) is 22.6. The van der Waals surface area contributed by atoms with Gasteiger partial charge in [0.05, 0.1) is 6.04 Å². The van der Waals surface area contributed by atoms with Crippen LogP contribution in [0, 0.1) is 5.92 Å². The molecule has 0 saturated carbocycles. The number of carbonyl (C=O) groups excluding carboxylic acids is 3. The van der Waals surface area contributed by atoms with Crippen LogP contribution in [-0.2, 0) is 19.2 Å². The predicted molar refractivity (Wildman–Crippen MR) is 113 cm³/mol. The molecular weight excluding hydrogens is 398 g/mol. The number of carbonyl (C=O) groups is 4. The van der Waals surface area contributed by atoms with E-state index in [0.29, 0.717) is 25.8 Å². The van der Waals surface area contributed by atoms with E-state index in [1.165, 1.54) is 6.92 Å². The average Bonchev–Trinajstić information content (AvgIpc) is 2.65. The Morgan fingerprint density at radius 2 is 1.52 bits per heavy atom. The van der Waals surface area contributed by atoms with Crippen LogP contribution < -0.4 is 27.4 Å². The third kappa shape index (κ3) is 11.1. The van der Waals surface area contributed by atoms with Crippen LogP contribution in [0.2, 0.25) is 0 Å². The molecule has 29 heavy (non-hydrogen) atoms. The lowest BCUT2D eigenvalue weighted by molar-refractivity contribution is -0.142. The molecule has 0 aliphatic rings. The smallest absolute Gasteiger partial charge is 0.326 e. The molecule has 0 spiro atoms. The van der Waals surface area contributed by atoms with Gasteiger partial charge in [0.25, 0.3) is 0 Å². The molecule has 0 rings (SSSR count). The van der Waals surface area contributed by atoms with E-state index in [2.05, 4.69) is 28.6 Å². The minimum atomic E-state index is -1.14. The van der Waals surface area contributed by atoms with Crippen molar-refractivity contribution in [3.8, 4) is 0 Å². The van der Waals surface area contributed by atoms with Crippen molar-refractivity contribution in [2.75, 3.05) is 12.3 Å². The second-order valence-corrected chi connectivity index (χ2v) is 7.76. The summed E-state index contributed by atoms with van der Waals surface area (Å²) in [7, 11) is 0. The van der Waals surface area contributed by atoms with Crippen LogP contribution in [0.4, 0.5) is 0 Å². The molecule has 0 aromatic rings. The third-order valence-corrected chi connectivity index (χ3v) is 4.58. The summed E-state index contributed by atoms with van der Waals surface area (Å²) in [5.74, 6) is -2.65. The number of carboxylic acids is 1. The van der Waals surface area contributed by atoms with Crippen LogP contribution in [0.25, 0.3) is 0 Å². The maximum Gasteiger partial charge on any atom is 0.326 e. The number of hydrogen-bond donors (Lipinski definition) is 7. The van der Waals surface area contributed by atoms with Gasteiger partial charge in [-0.05, 0) is 45.1 Å². The summed E-state index contributed by atoms with van der Waals surface area (Å²) >= 11 is 3.97. The summed E-state index contributed by atoms with van der Waals surface area (Å²) < 4.78 is 0. The van der Waals surface area contributed by atoms with Crippen molar-refractivity contribution in [1.82, 2.24) is 16.0 Å². The maximum absolute atomic E-state index is 12.6. The van der Waals surface area contributed by atoms with Gasteiger partial charge in [0, 0.05) is 5.75 Å². The van der Waals surface area contributed by atoms with E-state index < -0.39 is 47.9 Å². The Labute approximate surface area is 177 Å². The largest absolute Gasteiger partial charge is 0.480 e. The third-order valence-electron chi connectivity index (χ3n) is 4.19. The lowest BCUT2D eigenvalue weighted by atomic mass is 10.0. The van der Waals surface area contributed by atoms with Crippen LogP contribution >= 0.6 is 12.6 Å². The van der Waals surface area contributed by atoms with E-state index in [9.17, 15) is 24.3 Å². The Balaban J connectivity index is 4.98. The second-order valence-electron chi connectivity index (χ2n) is 7.39. The topological polar surface area (TPSA) is 177 Å². The Bertz CT molecular complexity index is 561. The SMILES string of the molecule is CC(C)CC(NC(=O)C(C)NC(=O)C(CCCCN)NC(=O)C(N)CS)C(=O)O. The summed E-state index contributed by atoms with van der Waals surface area (Å²) in [5.41, 5.74) is 11.1. The van der Waals surface area contributed by atoms with Gasteiger partial charge in [0.2, 0.25) is 17.7 Å². The quantitative estimate of drug-likeness (QED) is 0.135. The standard InChI is InChI=1S/C18H35N5O5S/c1-10(2)8-14(18(27)28)23-15(24)11(3)21-17(26)13(6-4-5-7-19)22-16(25)12(20)9-29/h10-14,29H,4-9,19-20H2,1-3H3,(H,21,26)(H,22,25)(H,23,24)(H,27,28). The molecule has 0 saturated heterocycles. The minimum absolute atomic E-state index is 0.0690. The molecule has 0 heterocycles. The summed E-state index contributed by atoms with van der Waals surface area (Å²) in [6, 6.07) is -3.78. The minimum Gasteiger partial charge on any atom is -0.480 e. The molecule has 0 radical (unpaired) electrons. The molecule has 4 unspecified atom stereocenters. The molecule has 8 N–H and O–H groups in total. The summed E-state index contributed by atoms with van der Waals surface area (Å²) in [4.78, 5) is 48.2. The van der Waals surface area contributed by atoms with Crippen LogP contribution in [0.3, 0.4) is 0 Å². The summed E-state index contributed by atoms with van der Waals surface area (Å²) in [5, 5.41) is 16.7. The average molecular weight is 434 g/mol. The van der Waals surface area contributed by atoms with Crippen molar-refractivity contribution in [2.24, 2.45) is 17.4 Å². The van der Waals surface area contributed by atoms with E-state index in [0.717, 1.165) is 0 Å². The number of hydrogen-bond acceptors (Lipinski definition) is 7. The molecular formula is C18H35N5O5S. The highest BCUT2D eigenvalue weighted by Gasteiger charge is 2.28. The molecule has 168 valence electrons. The lowest BCUT2D eigenvalue weighted by Gasteiger charge is -2.23. The number of rotatable bonds is 14. The van der Waals surface area contributed by atoms with Crippen LogP contribution in [0.5, 0.6) is 0 Å². The fourth-order valence-electron chi connectivity index (χ4n) is 2.49. The van der Waals surface area contributed by atoms with E-state index >= 15 is 0 Å². The Kier molecular flexibility index (Phi) is 13.3. The van der Waals surface area contributed by atoms with E-state index in [1.54, 1.807) is 0 Å². The number of aliphatic carboxylic acids is 1. The van der Waals surface area contributed by atoms with Gasteiger partial charge in [-0.1, -0.05) is 13.8 Å². The second kappa shape index (κ2) is 14.2. The monoisotopic (exact) mass is 433 g/mol. The fourth-order valence-corrected chi connectivity index (χ4v) is 2.66. The Morgan fingerprint density at radius 1 is 0.931 bits per heavy atom. The molecule has 4 atom stereocenters. The number of amides is 3. The Morgan fingerprint density at radius 3 is 2.00 bits per heavy atom. The molecule has 0 aromatic heterocycles. The molecule has 0 aromatic carbocycles. The first kappa shape index (κ1) is 27.1. The van der Waals surface area contributed by atoms with Crippen LogP contribution in [0.1, 0.15) is 46.5 Å². The highest BCUT2D eigenvalue weighted by atomic mass is 32.1. The molecule has 11 heteroatoms. The Hall–Kier alpha value is -1.85. The van der Waals surface area contributed by atoms with Crippen molar-refractivity contribution < 1.29 is 24.3 Å². The van der Waals surface area contributed by atoms with E-state index in [-0.39, 0.29) is 18.1 Å². The first-order chi connectivity index (χ1) is 13.5. The van der Waals surface area contributed by atoms with Crippen LogP contribution in [0.15, 0.2) is 0 Å². The molecule has 0 aliphatic heterocycles. The molecule has 3 amide bonds. The number of nitrogens with two attached hydrogens (primary N) is 2. The zero-order valence-electron chi connectivity index (χ0n) is 17.3. The first-order valence-corrected chi connectivity index (χ1v) is 10.4. The maximum atomic E-state index is 12.6. The number of thiol groups is 1.